The minimum Gasteiger partial charge on any atom is -0.490 e. The third-order valence-electron chi connectivity index (χ3n) is 8.53. The minimum absolute atomic E-state index is 0.0256. The standard InChI is InChI=1S/C29H37NO4/c1-19-8-7-13-29(2)15-27-23(14-25(19)29)24(28(32)34-27)17-30(3)16-21(31)18-33-26-12-6-10-20-9-4-5-11-22(20)26/h4-6,9-12,21,23-25,27,31H,1,7-8,13-18H2,2-3H3/t21-,23-,24-,25-,27-,29-/m1/s1. The van der Waals surface area contributed by atoms with E-state index < -0.39 is 6.10 Å². The molecule has 34 heavy (non-hydrogen) atoms. The molecule has 0 spiro atoms. The van der Waals surface area contributed by atoms with E-state index in [4.69, 9.17) is 9.47 Å². The van der Waals surface area contributed by atoms with Crippen LogP contribution in [0.1, 0.15) is 39.0 Å². The summed E-state index contributed by atoms with van der Waals surface area (Å²) in [5.74, 6) is 1.30. The van der Waals surface area contributed by atoms with E-state index in [1.165, 1.54) is 18.4 Å². The van der Waals surface area contributed by atoms with Crippen molar-refractivity contribution in [3.05, 3.63) is 54.6 Å². The third kappa shape index (κ3) is 4.48. The van der Waals surface area contributed by atoms with Gasteiger partial charge in [-0.2, -0.15) is 0 Å². The van der Waals surface area contributed by atoms with Gasteiger partial charge in [0.25, 0.3) is 0 Å². The molecule has 5 nitrogen and oxygen atoms in total. The molecule has 0 unspecified atom stereocenters. The minimum atomic E-state index is -0.648. The van der Waals surface area contributed by atoms with Crippen molar-refractivity contribution in [3.8, 4) is 5.75 Å². The van der Waals surface area contributed by atoms with E-state index in [0.717, 1.165) is 35.8 Å². The number of hydrogen-bond donors (Lipinski definition) is 1. The van der Waals surface area contributed by atoms with Crippen LogP contribution in [0.25, 0.3) is 10.8 Å². The van der Waals surface area contributed by atoms with Gasteiger partial charge in [0.05, 0.1) is 5.92 Å². The third-order valence-corrected chi connectivity index (χ3v) is 8.53. The van der Waals surface area contributed by atoms with Crippen LogP contribution in [-0.2, 0) is 9.53 Å². The van der Waals surface area contributed by atoms with Gasteiger partial charge >= 0.3 is 5.97 Å². The Morgan fingerprint density at radius 2 is 2.06 bits per heavy atom. The molecule has 1 saturated heterocycles. The zero-order valence-corrected chi connectivity index (χ0v) is 20.4. The van der Waals surface area contributed by atoms with E-state index in [1.807, 2.05) is 37.4 Å². The Morgan fingerprint density at radius 3 is 2.91 bits per heavy atom. The van der Waals surface area contributed by atoms with Crippen molar-refractivity contribution in [2.45, 2.75) is 51.2 Å². The molecule has 2 aromatic rings. The number of carbonyl (C=O) groups excluding carboxylic acids is 1. The number of ether oxygens (including phenoxy) is 2. The van der Waals surface area contributed by atoms with E-state index in [1.54, 1.807) is 0 Å². The molecule has 1 heterocycles. The zero-order valence-electron chi connectivity index (χ0n) is 20.4. The molecule has 3 aliphatic rings. The molecule has 0 amide bonds. The highest BCUT2D eigenvalue weighted by atomic mass is 16.6. The molecule has 5 rings (SSSR count). The SMILES string of the molecule is C=C1CCC[C@]2(C)C[C@H]3OC(=O)[C@H](CN(C)C[C@@H](O)COc4cccc5ccccc45)[C@H]3C[C@H]12. The predicted molar refractivity (Wildman–Crippen MR) is 134 cm³/mol. The molecule has 6 atom stereocenters. The summed E-state index contributed by atoms with van der Waals surface area (Å²) in [6.45, 7) is 7.99. The van der Waals surface area contributed by atoms with E-state index in [9.17, 15) is 9.90 Å². The Labute approximate surface area is 202 Å². The van der Waals surface area contributed by atoms with Gasteiger partial charge in [0.2, 0.25) is 0 Å². The van der Waals surface area contributed by atoms with Crippen molar-refractivity contribution in [2.24, 2.45) is 23.2 Å². The highest BCUT2D eigenvalue weighted by Crippen LogP contribution is 2.56. The molecule has 5 heteroatoms. The quantitative estimate of drug-likeness (QED) is 0.471. The van der Waals surface area contributed by atoms with Gasteiger partial charge < -0.3 is 19.5 Å². The van der Waals surface area contributed by atoms with E-state index in [0.29, 0.717) is 19.0 Å². The van der Waals surface area contributed by atoms with E-state index in [-0.39, 0.29) is 35.9 Å². The van der Waals surface area contributed by atoms with Crippen molar-refractivity contribution in [3.63, 3.8) is 0 Å². The number of rotatable bonds is 7. The van der Waals surface area contributed by atoms with Crippen molar-refractivity contribution < 1.29 is 19.4 Å². The summed E-state index contributed by atoms with van der Waals surface area (Å²) in [5, 5.41) is 12.8. The van der Waals surface area contributed by atoms with Crippen LogP contribution in [0.2, 0.25) is 0 Å². The fourth-order valence-electron chi connectivity index (χ4n) is 6.80. The summed E-state index contributed by atoms with van der Waals surface area (Å²) in [4.78, 5) is 14.9. The number of nitrogens with zero attached hydrogens (tertiary/aromatic N) is 1. The second-order valence-corrected chi connectivity index (χ2v) is 11.1. The Balaban J connectivity index is 1.17. The van der Waals surface area contributed by atoms with Gasteiger partial charge in [-0.15, -0.1) is 0 Å². The Morgan fingerprint density at radius 1 is 1.26 bits per heavy atom. The lowest BCUT2D eigenvalue weighted by Crippen LogP contribution is -2.46. The van der Waals surface area contributed by atoms with Crippen LogP contribution in [-0.4, -0.2) is 54.9 Å². The number of aliphatic hydroxyl groups excluding tert-OH is 1. The van der Waals surface area contributed by atoms with Crippen LogP contribution >= 0.6 is 0 Å². The van der Waals surface area contributed by atoms with Crippen LogP contribution in [0.5, 0.6) is 5.75 Å². The average molecular weight is 464 g/mol. The fourth-order valence-corrected chi connectivity index (χ4v) is 6.80. The first-order valence-electron chi connectivity index (χ1n) is 12.7. The molecule has 1 aliphatic heterocycles. The summed E-state index contributed by atoms with van der Waals surface area (Å²) in [5.41, 5.74) is 1.58. The lowest BCUT2D eigenvalue weighted by molar-refractivity contribution is -0.146. The Hall–Kier alpha value is -2.37. The van der Waals surface area contributed by atoms with Crippen LogP contribution < -0.4 is 4.74 Å². The van der Waals surface area contributed by atoms with Crippen LogP contribution in [0.15, 0.2) is 54.6 Å². The van der Waals surface area contributed by atoms with Gasteiger partial charge in [-0.25, -0.2) is 0 Å². The largest absolute Gasteiger partial charge is 0.490 e. The molecule has 0 bridgehead atoms. The van der Waals surface area contributed by atoms with Crippen LogP contribution in [0.3, 0.4) is 0 Å². The van der Waals surface area contributed by atoms with Gasteiger partial charge in [0.1, 0.15) is 24.6 Å². The molecule has 1 N–H and O–H groups in total. The van der Waals surface area contributed by atoms with E-state index >= 15 is 0 Å². The molecule has 182 valence electrons. The lowest BCUT2D eigenvalue weighted by atomic mass is 9.55. The molecule has 2 aromatic carbocycles. The number of benzene rings is 2. The Bertz CT molecular complexity index is 1060. The second-order valence-electron chi connectivity index (χ2n) is 11.1. The monoisotopic (exact) mass is 463 g/mol. The number of esters is 1. The number of fused-ring (bicyclic) bond motifs is 3. The summed E-state index contributed by atoms with van der Waals surface area (Å²) < 4.78 is 11.9. The molecule has 3 fully saturated rings. The van der Waals surface area contributed by atoms with E-state index in [2.05, 4.69) is 30.5 Å². The Kier molecular flexibility index (Phi) is 6.43. The average Bonchev–Trinajstić information content (AvgIpc) is 3.09. The maximum Gasteiger partial charge on any atom is 0.310 e. The molecular formula is C29H37NO4. The smallest absolute Gasteiger partial charge is 0.310 e. The normalized spacial score (nSPS) is 31.8. The number of hydrogen-bond acceptors (Lipinski definition) is 5. The zero-order chi connectivity index (χ0) is 23.9. The number of allylic oxidation sites excluding steroid dienone is 1. The van der Waals surface area contributed by atoms with Gasteiger partial charge in [-0.3, -0.25) is 4.79 Å². The molecule has 2 saturated carbocycles. The van der Waals surface area contributed by atoms with Crippen LogP contribution in [0.4, 0.5) is 0 Å². The molecule has 0 radical (unpaired) electrons. The van der Waals surface area contributed by atoms with Crippen molar-refractivity contribution in [1.29, 1.82) is 0 Å². The summed E-state index contributed by atoms with van der Waals surface area (Å²) >= 11 is 0. The first-order chi connectivity index (χ1) is 16.3. The highest BCUT2D eigenvalue weighted by Gasteiger charge is 2.55. The van der Waals surface area contributed by atoms with Crippen molar-refractivity contribution >= 4 is 16.7 Å². The number of aliphatic hydroxyl groups is 1. The van der Waals surface area contributed by atoms with Crippen molar-refractivity contribution in [1.82, 2.24) is 4.90 Å². The van der Waals surface area contributed by atoms with Gasteiger partial charge in [0.15, 0.2) is 0 Å². The summed E-state index contributed by atoms with van der Waals surface area (Å²) in [6.07, 6.45) is 4.83. The summed E-state index contributed by atoms with van der Waals surface area (Å²) in [6, 6.07) is 14.0. The first-order valence-corrected chi connectivity index (χ1v) is 12.7. The number of likely N-dealkylation sites (N-methyl/N-ethyl adjacent to an activating group) is 1. The topological polar surface area (TPSA) is 59.0 Å². The van der Waals surface area contributed by atoms with Gasteiger partial charge in [-0.1, -0.05) is 55.5 Å². The number of carbonyl (C=O) groups is 1. The first kappa shape index (κ1) is 23.4. The molecule has 0 aromatic heterocycles. The lowest BCUT2D eigenvalue weighted by Gasteiger charge is -2.50. The van der Waals surface area contributed by atoms with Crippen molar-refractivity contribution in [2.75, 3.05) is 26.7 Å². The maximum absolute atomic E-state index is 12.8. The second kappa shape index (κ2) is 9.35. The fraction of sp³-hybridized carbons (Fsp3) is 0.552. The molecule has 2 aliphatic carbocycles. The predicted octanol–water partition coefficient (Wildman–Crippen LogP) is 4.83. The molecular weight excluding hydrogens is 426 g/mol. The van der Waals surface area contributed by atoms with Crippen LogP contribution in [0, 0.1) is 23.2 Å². The van der Waals surface area contributed by atoms with Gasteiger partial charge in [0, 0.05) is 24.4 Å². The highest BCUT2D eigenvalue weighted by molar-refractivity contribution is 5.88. The maximum atomic E-state index is 12.8. The summed E-state index contributed by atoms with van der Waals surface area (Å²) in [7, 11) is 1.97. The van der Waals surface area contributed by atoms with Gasteiger partial charge in [-0.05, 0) is 61.9 Å².